The van der Waals surface area contributed by atoms with Gasteiger partial charge >= 0.3 is 0 Å². The molecule has 3 heterocycles. The smallest absolute Gasteiger partial charge is 0.259 e. The van der Waals surface area contributed by atoms with Crippen LogP contribution in [0.2, 0.25) is 0 Å². The molecular formula is C12H15N3OS. The standard InChI is InChI=1S/C12H15N3OS/c1-8-6-17-7-10(8)12-14-11(15-16-12)9-2-4-13-5-3-9/h6-7,9,13H,2-5H2,1H3. The van der Waals surface area contributed by atoms with Crippen LogP contribution in [-0.4, -0.2) is 23.2 Å². The third-order valence-electron chi connectivity index (χ3n) is 3.23. The molecule has 1 aliphatic heterocycles. The fourth-order valence-corrected chi connectivity index (χ4v) is 2.99. The highest BCUT2D eigenvalue weighted by Gasteiger charge is 2.21. The van der Waals surface area contributed by atoms with Crippen LogP contribution in [0.3, 0.4) is 0 Å². The summed E-state index contributed by atoms with van der Waals surface area (Å²) in [5.74, 6) is 1.98. The first-order valence-electron chi connectivity index (χ1n) is 5.92. The van der Waals surface area contributed by atoms with Gasteiger partial charge in [-0.15, -0.1) is 0 Å². The lowest BCUT2D eigenvalue weighted by Crippen LogP contribution is -2.27. The van der Waals surface area contributed by atoms with E-state index in [1.807, 2.05) is 0 Å². The van der Waals surface area contributed by atoms with Crippen LogP contribution < -0.4 is 5.32 Å². The molecule has 0 aromatic carbocycles. The average Bonchev–Trinajstić information content (AvgIpc) is 2.98. The monoisotopic (exact) mass is 249 g/mol. The van der Waals surface area contributed by atoms with Gasteiger partial charge in [0.25, 0.3) is 5.89 Å². The minimum Gasteiger partial charge on any atom is -0.334 e. The Morgan fingerprint density at radius 3 is 2.88 bits per heavy atom. The third-order valence-corrected chi connectivity index (χ3v) is 4.09. The summed E-state index contributed by atoms with van der Waals surface area (Å²) < 4.78 is 5.37. The lowest BCUT2D eigenvalue weighted by atomic mass is 9.98. The Morgan fingerprint density at radius 2 is 2.18 bits per heavy atom. The molecule has 2 aromatic heterocycles. The Balaban J connectivity index is 1.85. The molecular weight excluding hydrogens is 234 g/mol. The summed E-state index contributed by atoms with van der Waals surface area (Å²) in [6, 6.07) is 0. The van der Waals surface area contributed by atoms with Crippen LogP contribution in [0.5, 0.6) is 0 Å². The molecule has 4 nitrogen and oxygen atoms in total. The Morgan fingerprint density at radius 1 is 1.35 bits per heavy atom. The first-order valence-corrected chi connectivity index (χ1v) is 6.86. The molecule has 2 aromatic rings. The molecule has 1 aliphatic rings. The SMILES string of the molecule is Cc1cscc1-c1nc(C2CCNCC2)no1. The number of hydrogen-bond donors (Lipinski definition) is 1. The first kappa shape index (κ1) is 10.9. The number of nitrogens with zero attached hydrogens (tertiary/aromatic N) is 2. The second kappa shape index (κ2) is 4.58. The lowest BCUT2D eigenvalue weighted by molar-refractivity contribution is 0.392. The molecule has 1 fully saturated rings. The van der Waals surface area contributed by atoms with Gasteiger partial charge in [0.05, 0.1) is 5.56 Å². The van der Waals surface area contributed by atoms with Gasteiger partial charge in [-0.25, -0.2) is 0 Å². The topological polar surface area (TPSA) is 51.0 Å². The van der Waals surface area contributed by atoms with Crippen LogP contribution >= 0.6 is 11.3 Å². The Hall–Kier alpha value is -1.20. The van der Waals surface area contributed by atoms with E-state index in [1.54, 1.807) is 11.3 Å². The molecule has 0 spiro atoms. The highest BCUT2D eigenvalue weighted by Crippen LogP contribution is 2.28. The van der Waals surface area contributed by atoms with E-state index in [1.165, 1.54) is 5.56 Å². The highest BCUT2D eigenvalue weighted by atomic mass is 32.1. The fourth-order valence-electron chi connectivity index (χ4n) is 2.17. The van der Waals surface area contributed by atoms with Crippen molar-refractivity contribution in [3.8, 4) is 11.5 Å². The summed E-state index contributed by atoms with van der Waals surface area (Å²) in [6.45, 7) is 4.16. The maximum absolute atomic E-state index is 5.37. The minimum atomic E-state index is 0.452. The molecule has 0 unspecified atom stereocenters. The van der Waals surface area contributed by atoms with Crippen molar-refractivity contribution in [2.75, 3.05) is 13.1 Å². The number of nitrogens with one attached hydrogen (secondary N) is 1. The summed E-state index contributed by atoms with van der Waals surface area (Å²) in [5.41, 5.74) is 2.28. The van der Waals surface area contributed by atoms with Gasteiger partial charge in [0.15, 0.2) is 5.82 Å². The van der Waals surface area contributed by atoms with Gasteiger partial charge in [-0.05, 0) is 43.8 Å². The average molecular weight is 249 g/mol. The molecule has 0 amide bonds. The molecule has 3 rings (SSSR count). The number of thiophene rings is 1. The summed E-state index contributed by atoms with van der Waals surface area (Å²) in [5, 5.41) is 11.6. The second-order valence-electron chi connectivity index (χ2n) is 4.45. The van der Waals surface area contributed by atoms with E-state index in [0.29, 0.717) is 11.8 Å². The minimum absolute atomic E-state index is 0.452. The maximum Gasteiger partial charge on any atom is 0.259 e. The zero-order chi connectivity index (χ0) is 11.7. The number of rotatable bonds is 2. The van der Waals surface area contributed by atoms with Gasteiger partial charge in [0.2, 0.25) is 0 Å². The zero-order valence-corrected chi connectivity index (χ0v) is 10.6. The largest absolute Gasteiger partial charge is 0.334 e. The van der Waals surface area contributed by atoms with Crippen molar-refractivity contribution in [2.45, 2.75) is 25.7 Å². The van der Waals surface area contributed by atoms with Crippen LogP contribution in [0.1, 0.15) is 30.1 Å². The maximum atomic E-state index is 5.37. The molecule has 0 atom stereocenters. The molecule has 5 heteroatoms. The summed E-state index contributed by atoms with van der Waals surface area (Å²) >= 11 is 1.67. The van der Waals surface area contributed by atoms with Crippen molar-refractivity contribution < 1.29 is 4.52 Å². The van der Waals surface area contributed by atoms with Gasteiger partial charge in [-0.1, -0.05) is 5.16 Å². The Labute approximate surface area is 104 Å². The Kier molecular flexibility index (Phi) is 2.94. The van der Waals surface area contributed by atoms with Crippen molar-refractivity contribution in [2.24, 2.45) is 0 Å². The number of hydrogen-bond acceptors (Lipinski definition) is 5. The van der Waals surface area contributed by atoms with Gasteiger partial charge < -0.3 is 9.84 Å². The van der Waals surface area contributed by atoms with E-state index in [4.69, 9.17) is 4.52 Å². The van der Waals surface area contributed by atoms with Crippen LogP contribution in [-0.2, 0) is 0 Å². The number of aryl methyl sites for hydroxylation is 1. The highest BCUT2D eigenvalue weighted by molar-refractivity contribution is 7.08. The quantitative estimate of drug-likeness (QED) is 0.888. The van der Waals surface area contributed by atoms with Crippen LogP contribution in [0, 0.1) is 6.92 Å². The van der Waals surface area contributed by atoms with Gasteiger partial charge in [0, 0.05) is 11.3 Å². The second-order valence-corrected chi connectivity index (χ2v) is 5.19. The van der Waals surface area contributed by atoms with E-state index in [-0.39, 0.29) is 0 Å². The van der Waals surface area contributed by atoms with E-state index >= 15 is 0 Å². The zero-order valence-electron chi connectivity index (χ0n) is 9.77. The van der Waals surface area contributed by atoms with Crippen molar-refractivity contribution >= 4 is 11.3 Å². The van der Waals surface area contributed by atoms with Crippen molar-refractivity contribution in [1.29, 1.82) is 0 Å². The van der Waals surface area contributed by atoms with E-state index in [2.05, 4.69) is 33.1 Å². The molecule has 1 N–H and O–H groups in total. The van der Waals surface area contributed by atoms with E-state index in [0.717, 1.165) is 37.3 Å². The van der Waals surface area contributed by atoms with Crippen molar-refractivity contribution in [3.05, 3.63) is 22.1 Å². The number of aromatic nitrogens is 2. The molecule has 90 valence electrons. The fraction of sp³-hybridized carbons (Fsp3) is 0.500. The normalized spacial score (nSPS) is 17.5. The van der Waals surface area contributed by atoms with Crippen LogP contribution in [0.15, 0.2) is 15.3 Å². The summed E-state index contributed by atoms with van der Waals surface area (Å²) in [4.78, 5) is 4.54. The van der Waals surface area contributed by atoms with Crippen LogP contribution in [0.25, 0.3) is 11.5 Å². The van der Waals surface area contributed by atoms with Gasteiger partial charge in [-0.2, -0.15) is 16.3 Å². The van der Waals surface area contributed by atoms with Crippen LogP contribution in [0.4, 0.5) is 0 Å². The predicted octanol–water partition coefficient (Wildman–Crippen LogP) is 2.57. The lowest BCUT2D eigenvalue weighted by Gasteiger charge is -2.18. The molecule has 0 bridgehead atoms. The summed E-state index contributed by atoms with van der Waals surface area (Å²) in [6.07, 6.45) is 2.20. The van der Waals surface area contributed by atoms with Crippen molar-refractivity contribution in [3.63, 3.8) is 0 Å². The number of piperidine rings is 1. The Bertz CT molecular complexity index is 499. The van der Waals surface area contributed by atoms with Gasteiger partial charge in [0.1, 0.15) is 0 Å². The van der Waals surface area contributed by atoms with E-state index < -0.39 is 0 Å². The third kappa shape index (κ3) is 2.12. The molecule has 17 heavy (non-hydrogen) atoms. The molecule has 0 saturated carbocycles. The van der Waals surface area contributed by atoms with Crippen molar-refractivity contribution in [1.82, 2.24) is 15.5 Å². The molecule has 0 radical (unpaired) electrons. The molecule has 1 saturated heterocycles. The predicted molar refractivity (Wildman–Crippen MR) is 67.2 cm³/mol. The first-order chi connectivity index (χ1) is 8.34. The van der Waals surface area contributed by atoms with Gasteiger partial charge in [-0.3, -0.25) is 0 Å². The summed E-state index contributed by atoms with van der Waals surface area (Å²) in [7, 11) is 0. The van der Waals surface area contributed by atoms with E-state index in [9.17, 15) is 0 Å². The molecule has 0 aliphatic carbocycles.